The van der Waals surface area contributed by atoms with Crippen LogP contribution in [0.1, 0.15) is 24.8 Å². The van der Waals surface area contributed by atoms with Gasteiger partial charge in [0.15, 0.2) is 0 Å². The molecular formula is C14H17NS. The fourth-order valence-electron chi connectivity index (χ4n) is 2.07. The summed E-state index contributed by atoms with van der Waals surface area (Å²) in [5.41, 5.74) is 2.41. The van der Waals surface area contributed by atoms with Gasteiger partial charge in [-0.15, -0.1) is 0 Å². The average molecular weight is 231 g/mol. The van der Waals surface area contributed by atoms with Crippen LogP contribution >= 0.6 is 12.6 Å². The van der Waals surface area contributed by atoms with Gasteiger partial charge < -0.3 is 4.90 Å². The van der Waals surface area contributed by atoms with E-state index in [0.717, 1.165) is 5.56 Å². The lowest BCUT2D eigenvalue weighted by molar-refractivity contribution is 0.578. The molecule has 0 saturated carbocycles. The molecule has 1 saturated heterocycles. The Morgan fingerprint density at radius 2 is 2.00 bits per heavy atom. The minimum Gasteiger partial charge on any atom is -0.372 e. The van der Waals surface area contributed by atoms with Crippen LogP contribution in [0.5, 0.6) is 0 Å². The van der Waals surface area contributed by atoms with Crippen LogP contribution in [-0.2, 0) is 0 Å². The molecule has 1 nitrogen and oxygen atoms in total. The molecule has 0 bridgehead atoms. The number of rotatable bonds is 1. The highest BCUT2D eigenvalue weighted by Gasteiger charge is 2.10. The molecule has 0 aliphatic carbocycles. The molecule has 1 aliphatic heterocycles. The molecule has 1 aromatic carbocycles. The number of hydrogen-bond acceptors (Lipinski definition) is 2. The Balaban J connectivity index is 2.14. The van der Waals surface area contributed by atoms with E-state index in [1.807, 2.05) is 0 Å². The van der Waals surface area contributed by atoms with Gasteiger partial charge in [-0.1, -0.05) is 17.9 Å². The second kappa shape index (κ2) is 5.86. The van der Waals surface area contributed by atoms with Gasteiger partial charge in [0.1, 0.15) is 0 Å². The Bertz CT molecular complexity index is 397. The smallest absolute Gasteiger partial charge is 0.0521 e. The maximum atomic E-state index is 4.09. The molecule has 1 aromatic rings. The van der Waals surface area contributed by atoms with Gasteiger partial charge in [-0.25, -0.2) is 0 Å². The third-order valence-corrected chi connectivity index (χ3v) is 3.04. The van der Waals surface area contributed by atoms with Crippen LogP contribution in [0, 0.1) is 11.8 Å². The van der Waals surface area contributed by atoms with Gasteiger partial charge in [0.2, 0.25) is 0 Å². The fourth-order valence-corrected chi connectivity index (χ4v) is 2.15. The third kappa shape index (κ3) is 2.96. The zero-order valence-corrected chi connectivity index (χ0v) is 10.3. The molecule has 0 radical (unpaired) electrons. The highest BCUT2D eigenvalue weighted by atomic mass is 32.1. The zero-order chi connectivity index (χ0) is 11.2. The quantitative estimate of drug-likeness (QED) is 0.574. The summed E-state index contributed by atoms with van der Waals surface area (Å²) in [6.07, 6.45) is 3.99. The van der Waals surface area contributed by atoms with Crippen molar-refractivity contribution < 1.29 is 0 Å². The molecule has 1 heterocycles. The van der Waals surface area contributed by atoms with Crippen molar-refractivity contribution >= 4 is 18.3 Å². The molecular weight excluding hydrogens is 214 g/mol. The van der Waals surface area contributed by atoms with Crippen LogP contribution in [0.4, 0.5) is 5.69 Å². The number of benzene rings is 1. The van der Waals surface area contributed by atoms with Gasteiger partial charge in [-0.3, -0.25) is 0 Å². The lowest BCUT2D eigenvalue weighted by Gasteiger charge is -2.28. The highest BCUT2D eigenvalue weighted by molar-refractivity contribution is 7.80. The van der Waals surface area contributed by atoms with Gasteiger partial charge in [-0.05, 0) is 37.5 Å². The maximum Gasteiger partial charge on any atom is 0.0521 e. The maximum absolute atomic E-state index is 4.09. The van der Waals surface area contributed by atoms with Gasteiger partial charge in [0.05, 0.1) is 5.75 Å². The van der Waals surface area contributed by atoms with E-state index in [0.29, 0.717) is 5.75 Å². The highest BCUT2D eigenvalue weighted by Crippen LogP contribution is 2.20. The van der Waals surface area contributed by atoms with Gasteiger partial charge in [-0.2, -0.15) is 12.6 Å². The first-order valence-electron chi connectivity index (χ1n) is 5.85. The average Bonchev–Trinajstić information content (AvgIpc) is 2.38. The lowest BCUT2D eigenvalue weighted by Crippen LogP contribution is -2.29. The fraction of sp³-hybridized carbons (Fsp3) is 0.429. The number of anilines is 1. The molecule has 2 rings (SSSR count). The van der Waals surface area contributed by atoms with Crippen molar-refractivity contribution in [3.05, 3.63) is 29.8 Å². The summed E-state index contributed by atoms with van der Waals surface area (Å²) in [5.74, 6) is 6.73. The Kier molecular flexibility index (Phi) is 4.18. The molecule has 84 valence electrons. The molecule has 0 aromatic heterocycles. The monoisotopic (exact) mass is 231 g/mol. The summed E-state index contributed by atoms with van der Waals surface area (Å²) in [5, 5.41) is 0. The molecule has 1 fully saturated rings. The Hall–Kier alpha value is -1.07. The van der Waals surface area contributed by atoms with Crippen LogP contribution in [0.3, 0.4) is 0 Å². The van der Waals surface area contributed by atoms with Crippen LogP contribution in [0.25, 0.3) is 0 Å². The van der Waals surface area contributed by atoms with Crippen molar-refractivity contribution in [2.75, 3.05) is 23.7 Å². The SMILES string of the molecule is SCC#Cc1cccc(N2CCCCC2)c1. The van der Waals surface area contributed by atoms with E-state index in [-0.39, 0.29) is 0 Å². The summed E-state index contributed by atoms with van der Waals surface area (Å²) in [4.78, 5) is 2.45. The van der Waals surface area contributed by atoms with E-state index in [2.05, 4.69) is 53.6 Å². The topological polar surface area (TPSA) is 3.24 Å². The van der Waals surface area contributed by atoms with Crippen LogP contribution in [-0.4, -0.2) is 18.8 Å². The van der Waals surface area contributed by atoms with E-state index in [1.54, 1.807) is 0 Å². The first-order chi connectivity index (χ1) is 7.90. The second-order valence-electron chi connectivity index (χ2n) is 4.06. The van der Waals surface area contributed by atoms with Crippen molar-refractivity contribution in [1.29, 1.82) is 0 Å². The van der Waals surface area contributed by atoms with Crippen molar-refractivity contribution in [2.45, 2.75) is 19.3 Å². The van der Waals surface area contributed by atoms with Crippen molar-refractivity contribution in [3.63, 3.8) is 0 Å². The molecule has 0 unspecified atom stereocenters. The Morgan fingerprint density at radius 3 is 2.75 bits per heavy atom. The molecule has 0 atom stereocenters. The molecule has 1 aliphatic rings. The second-order valence-corrected chi connectivity index (χ2v) is 4.37. The van der Waals surface area contributed by atoms with E-state index < -0.39 is 0 Å². The van der Waals surface area contributed by atoms with Crippen molar-refractivity contribution in [2.24, 2.45) is 0 Å². The normalized spacial score (nSPS) is 15.4. The van der Waals surface area contributed by atoms with Gasteiger partial charge in [0.25, 0.3) is 0 Å². The number of piperidine rings is 1. The van der Waals surface area contributed by atoms with Gasteiger partial charge >= 0.3 is 0 Å². The summed E-state index contributed by atoms with van der Waals surface area (Å²) in [6.45, 7) is 2.37. The van der Waals surface area contributed by atoms with Crippen LogP contribution in [0.2, 0.25) is 0 Å². The van der Waals surface area contributed by atoms with E-state index in [9.17, 15) is 0 Å². The van der Waals surface area contributed by atoms with E-state index in [4.69, 9.17) is 0 Å². The number of nitrogens with zero attached hydrogens (tertiary/aromatic N) is 1. The molecule has 2 heteroatoms. The molecule has 16 heavy (non-hydrogen) atoms. The Labute approximate surface area is 103 Å². The van der Waals surface area contributed by atoms with Crippen LogP contribution in [0.15, 0.2) is 24.3 Å². The van der Waals surface area contributed by atoms with Crippen molar-refractivity contribution in [1.82, 2.24) is 0 Å². The lowest BCUT2D eigenvalue weighted by atomic mass is 10.1. The summed E-state index contributed by atoms with van der Waals surface area (Å²) < 4.78 is 0. The Morgan fingerprint density at radius 1 is 1.19 bits per heavy atom. The summed E-state index contributed by atoms with van der Waals surface area (Å²) >= 11 is 4.09. The number of thiol groups is 1. The largest absolute Gasteiger partial charge is 0.372 e. The standard InChI is InChI=1S/C14H17NS/c16-11-5-7-13-6-4-8-14(12-13)15-9-2-1-3-10-15/h4,6,8,12,16H,1-3,9-11H2. The predicted molar refractivity (Wildman–Crippen MR) is 73.2 cm³/mol. The third-order valence-electron chi connectivity index (χ3n) is 2.88. The molecule has 0 amide bonds. The van der Waals surface area contributed by atoms with E-state index in [1.165, 1.54) is 38.0 Å². The number of hydrogen-bond donors (Lipinski definition) is 1. The minimum absolute atomic E-state index is 0.619. The minimum atomic E-state index is 0.619. The first kappa shape index (κ1) is 11.4. The van der Waals surface area contributed by atoms with Crippen molar-refractivity contribution in [3.8, 4) is 11.8 Å². The van der Waals surface area contributed by atoms with Gasteiger partial charge in [0, 0.05) is 24.3 Å². The summed E-state index contributed by atoms with van der Waals surface area (Å²) in [7, 11) is 0. The van der Waals surface area contributed by atoms with Crippen LogP contribution < -0.4 is 4.90 Å². The predicted octanol–water partition coefficient (Wildman–Crippen LogP) is 2.96. The molecule has 0 N–H and O–H groups in total. The zero-order valence-electron chi connectivity index (χ0n) is 9.45. The first-order valence-corrected chi connectivity index (χ1v) is 6.48. The van der Waals surface area contributed by atoms with E-state index >= 15 is 0 Å². The molecule has 0 spiro atoms. The summed E-state index contributed by atoms with van der Waals surface area (Å²) in [6, 6.07) is 8.51.